The molecule has 1 atom stereocenters. The van der Waals surface area contributed by atoms with Crippen LogP contribution in [-0.2, 0) is 26.0 Å². The van der Waals surface area contributed by atoms with Crippen LogP contribution in [0.15, 0.2) is 29.2 Å². The summed E-state index contributed by atoms with van der Waals surface area (Å²) < 4.78 is 31.7. The highest BCUT2D eigenvalue weighted by atomic mass is 32.2. The predicted octanol–water partition coefficient (Wildman–Crippen LogP) is 2.12. The first-order valence-electron chi connectivity index (χ1n) is 6.99. The van der Waals surface area contributed by atoms with E-state index in [0.29, 0.717) is 6.42 Å². The highest BCUT2D eigenvalue weighted by molar-refractivity contribution is 7.89. The number of benzene rings is 1. The van der Waals surface area contributed by atoms with E-state index in [9.17, 15) is 13.2 Å². The van der Waals surface area contributed by atoms with Crippen molar-refractivity contribution in [3.05, 3.63) is 29.8 Å². The van der Waals surface area contributed by atoms with Crippen LogP contribution >= 0.6 is 0 Å². The van der Waals surface area contributed by atoms with Crippen molar-refractivity contribution < 1.29 is 17.9 Å². The van der Waals surface area contributed by atoms with E-state index in [4.69, 9.17) is 0 Å². The van der Waals surface area contributed by atoms with E-state index >= 15 is 0 Å². The molecule has 21 heavy (non-hydrogen) atoms. The first kappa shape index (κ1) is 17.7. The van der Waals surface area contributed by atoms with Gasteiger partial charge in [0.1, 0.15) is 6.04 Å². The molecule has 1 aromatic carbocycles. The number of esters is 1. The first-order valence-corrected chi connectivity index (χ1v) is 8.47. The van der Waals surface area contributed by atoms with Crippen LogP contribution in [0.2, 0.25) is 0 Å². The number of ether oxygens (including phenoxy) is 1. The van der Waals surface area contributed by atoms with Crippen LogP contribution in [0.5, 0.6) is 0 Å². The van der Waals surface area contributed by atoms with Crippen molar-refractivity contribution in [2.24, 2.45) is 5.92 Å². The summed E-state index contributed by atoms with van der Waals surface area (Å²) >= 11 is 0. The van der Waals surface area contributed by atoms with Gasteiger partial charge in [0.2, 0.25) is 10.0 Å². The minimum atomic E-state index is -3.74. The number of hydrogen-bond donors (Lipinski definition) is 1. The number of sulfonamides is 1. The second-order valence-electron chi connectivity index (χ2n) is 5.32. The highest BCUT2D eigenvalue weighted by Gasteiger charge is 2.27. The van der Waals surface area contributed by atoms with Crippen LogP contribution in [0, 0.1) is 5.92 Å². The van der Waals surface area contributed by atoms with Gasteiger partial charge in [0.05, 0.1) is 12.0 Å². The fourth-order valence-corrected chi connectivity index (χ4v) is 3.16. The number of aryl methyl sites for hydroxylation is 1. The van der Waals surface area contributed by atoms with Gasteiger partial charge in [0, 0.05) is 0 Å². The zero-order valence-electron chi connectivity index (χ0n) is 12.9. The lowest BCUT2D eigenvalue weighted by atomic mass is 10.1. The summed E-state index contributed by atoms with van der Waals surface area (Å²) in [7, 11) is -2.49. The largest absolute Gasteiger partial charge is 0.468 e. The molecule has 6 heteroatoms. The molecule has 0 aliphatic heterocycles. The fourth-order valence-electron chi connectivity index (χ4n) is 1.97. The second-order valence-corrected chi connectivity index (χ2v) is 7.04. The maximum atomic E-state index is 12.3. The lowest BCUT2D eigenvalue weighted by molar-refractivity contribution is -0.143. The van der Waals surface area contributed by atoms with E-state index in [2.05, 4.69) is 9.46 Å². The van der Waals surface area contributed by atoms with Gasteiger partial charge < -0.3 is 4.74 Å². The summed E-state index contributed by atoms with van der Waals surface area (Å²) in [6, 6.07) is 5.76. The van der Waals surface area contributed by atoms with E-state index in [0.717, 1.165) is 12.0 Å². The highest BCUT2D eigenvalue weighted by Crippen LogP contribution is 2.14. The van der Waals surface area contributed by atoms with Crippen LogP contribution < -0.4 is 4.72 Å². The van der Waals surface area contributed by atoms with Gasteiger partial charge in [-0.15, -0.1) is 0 Å². The van der Waals surface area contributed by atoms with Crippen LogP contribution in [0.25, 0.3) is 0 Å². The molecule has 1 unspecified atom stereocenters. The Balaban J connectivity index is 2.96. The van der Waals surface area contributed by atoms with Gasteiger partial charge in [0.25, 0.3) is 0 Å². The van der Waals surface area contributed by atoms with E-state index in [-0.39, 0.29) is 10.8 Å². The molecule has 1 rings (SSSR count). The van der Waals surface area contributed by atoms with Crippen molar-refractivity contribution in [2.45, 2.75) is 44.6 Å². The zero-order chi connectivity index (χ0) is 16.0. The van der Waals surface area contributed by atoms with Gasteiger partial charge in [-0.05, 0) is 36.5 Å². The third-order valence-corrected chi connectivity index (χ3v) is 4.62. The minimum absolute atomic E-state index is 0.150. The SMILES string of the molecule is CCc1ccc(S(=O)(=O)NC(CC(C)C)C(=O)OC)cc1. The monoisotopic (exact) mass is 313 g/mol. The molecule has 118 valence electrons. The van der Waals surface area contributed by atoms with Crippen LogP contribution in [0.3, 0.4) is 0 Å². The van der Waals surface area contributed by atoms with Crippen molar-refractivity contribution in [1.82, 2.24) is 4.72 Å². The summed E-state index contributed by atoms with van der Waals surface area (Å²) in [5.74, 6) is -0.406. The number of rotatable bonds is 7. The van der Waals surface area contributed by atoms with Gasteiger partial charge in [-0.25, -0.2) is 8.42 Å². The Labute approximate surface area is 126 Å². The molecular weight excluding hydrogens is 290 g/mol. The minimum Gasteiger partial charge on any atom is -0.468 e. The summed E-state index contributed by atoms with van der Waals surface area (Å²) in [6.45, 7) is 5.83. The van der Waals surface area contributed by atoms with Crippen molar-refractivity contribution in [1.29, 1.82) is 0 Å². The third kappa shape index (κ3) is 5.13. The van der Waals surface area contributed by atoms with E-state index < -0.39 is 22.0 Å². The van der Waals surface area contributed by atoms with Crippen molar-refractivity contribution in [3.8, 4) is 0 Å². The van der Waals surface area contributed by atoms with Crippen molar-refractivity contribution in [3.63, 3.8) is 0 Å². The molecule has 0 aliphatic rings. The molecular formula is C15H23NO4S. The molecule has 1 aromatic rings. The number of methoxy groups -OCH3 is 1. The number of carbonyl (C=O) groups excluding carboxylic acids is 1. The average molecular weight is 313 g/mol. The molecule has 0 aromatic heterocycles. The summed E-state index contributed by atoms with van der Waals surface area (Å²) in [4.78, 5) is 11.9. The molecule has 0 bridgehead atoms. The molecule has 0 radical (unpaired) electrons. The maximum absolute atomic E-state index is 12.3. The Morgan fingerprint density at radius 1 is 1.24 bits per heavy atom. The first-order chi connectivity index (χ1) is 9.80. The summed E-state index contributed by atoms with van der Waals surface area (Å²) in [5, 5.41) is 0. The second kappa shape index (κ2) is 7.56. The quantitative estimate of drug-likeness (QED) is 0.783. The molecule has 0 saturated carbocycles. The Kier molecular flexibility index (Phi) is 6.36. The Hall–Kier alpha value is -1.40. The lowest BCUT2D eigenvalue weighted by Gasteiger charge is -2.18. The van der Waals surface area contributed by atoms with Crippen LogP contribution in [0.4, 0.5) is 0 Å². The Morgan fingerprint density at radius 3 is 2.24 bits per heavy atom. The van der Waals surface area contributed by atoms with Crippen LogP contribution in [-0.4, -0.2) is 27.5 Å². The molecule has 5 nitrogen and oxygen atoms in total. The van der Waals surface area contributed by atoms with Gasteiger partial charge >= 0.3 is 5.97 Å². The Morgan fingerprint density at radius 2 is 1.81 bits per heavy atom. The van der Waals surface area contributed by atoms with Gasteiger partial charge in [-0.3, -0.25) is 4.79 Å². The summed E-state index contributed by atoms with van der Waals surface area (Å²) in [6.07, 6.45) is 1.23. The summed E-state index contributed by atoms with van der Waals surface area (Å²) in [5.41, 5.74) is 1.06. The molecule has 0 saturated heterocycles. The van der Waals surface area contributed by atoms with Gasteiger partial charge in [-0.2, -0.15) is 4.72 Å². The normalized spacial score (nSPS) is 13.2. The van der Waals surface area contributed by atoms with E-state index in [1.54, 1.807) is 24.3 Å². The molecule has 0 amide bonds. The Bertz CT molecular complexity index is 564. The number of carbonyl (C=O) groups is 1. The molecule has 0 spiro atoms. The van der Waals surface area contributed by atoms with Crippen LogP contribution in [0.1, 0.15) is 32.8 Å². The van der Waals surface area contributed by atoms with Gasteiger partial charge in [0.15, 0.2) is 0 Å². The standard InChI is InChI=1S/C15H23NO4S/c1-5-12-6-8-13(9-7-12)21(18,19)16-14(10-11(2)3)15(17)20-4/h6-9,11,14,16H,5,10H2,1-4H3. The maximum Gasteiger partial charge on any atom is 0.323 e. The van der Waals surface area contributed by atoms with Crippen molar-refractivity contribution >= 4 is 16.0 Å². The molecule has 0 aliphatic carbocycles. The third-order valence-electron chi connectivity index (χ3n) is 3.13. The fraction of sp³-hybridized carbons (Fsp3) is 0.533. The number of nitrogens with one attached hydrogen (secondary N) is 1. The zero-order valence-corrected chi connectivity index (χ0v) is 13.7. The molecule has 0 fully saturated rings. The average Bonchev–Trinajstić information content (AvgIpc) is 2.45. The van der Waals surface area contributed by atoms with E-state index in [1.165, 1.54) is 7.11 Å². The molecule has 1 N–H and O–H groups in total. The number of hydrogen-bond acceptors (Lipinski definition) is 4. The predicted molar refractivity (Wildman–Crippen MR) is 81.4 cm³/mol. The van der Waals surface area contributed by atoms with Crippen molar-refractivity contribution in [2.75, 3.05) is 7.11 Å². The van der Waals surface area contributed by atoms with E-state index in [1.807, 2.05) is 20.8 Å². The smallest absolute Gasteiger partial charge is 0.323 e. The molecule has 0 heterocycles. The topological polar surface area (TPSA) is 72.5 Å². The lowest BCUT2D eigenvalue weighted by Crippen LogP contribution is -2.42. The van der Waals surface area contributed by atoms with Gasteiger partial charge in [-0.1, -0.05) is 32.9 Å².